The maximum absolute atomic E-state index is 14.7. The Labute approximate surface area is 333 Å². The highest BCUT2D eigenvalue weighted by atomic mass is 32.2. The number of esters is 1. The second-order valence-corrected chi connectivity index (χ2v) is 19.1. The molecule has 1 unspecified atom stereocenters. The van der Waals surface area contributed by atoms with Crippen LogP contribution in [0.25, 0.3) is 0 Å². The fourth-order valence-electron chi connectivity index (χ4n) is 8.34. The highest BCUT2D eigenvalue weighted by Crippen LogP contribution is 2.57. The van der Waals surface area contributed by atoms with Crippen molar-refractivity contribution in [3.8, 4) is 0 Å². The van der Waals surface area contributed by atoms with E-state index in [0.717, 1.165) is 0 Å². The first kappa shape index (κ1) is 42.0. The number of Topliss-reactive ketones (excluding diaryl/α,β-unsaturated/α-hetero) is 1. The van der Waals surface area contributed by atoms with E-state index in [1.54, 1.807) is 40.0 Å². The summed E-state index contributed by atoms with van der Waals surface area (Å²) in [6.45, 7) is 8.62. The third kappa shape index (κ3) is 9.58. The fourth-order valence-corrected chi connectivity index (χ4v) is 9.73. The maximum Gasteiger partial charge on any atom is 0.410 e. The van der Waals surface area contributed by atoms with Gasteiger partial charge in [-0.25, -0.2) is 17.6 Å². The zero-order valence-corrected chi connectivity index (χ0v) is 33.9. The molecule has 1 aromatic carbocycles. The number of likely N-dealkylation sites (N-methyl/N-ethyl adjacent to an activating group) is 1. The molecule has 0 bridgehead atoms. The van der Waals surface area contributed by atoms with E-state index in [0.29, 0.717) is 43.2 Å². The van der Waals surface area contributed by atoms with Gasteiger partial charge in [0.1, 0.15) is 17.5 Å². The summed E-state index contributed by atoms with van der Waals surface area (Å²) in [4.78, 5) is 86.8. The number of hydrogen-bond donors (Lipinski definition) is 1. The largest absolute Gasteiger partial charge is 0.460 e. The Balaban J connectivity index is 1.31. The number of nitrogens with zero attached hydrogens (tertiary/aromatic N) is 3. The summed E-state index contributed by atoms with van der Waals surface area (Å²) < 4.78 is 54.1. The monoisotopic (exact) mass is 812 g/mol. The third-order valence-corrected chi connectivity index (χ3v) is 13.6. The molecule has 2 aliphatic carbocycles. The predicted octanol–water partition coefficient (Wildman–Crippen LogP) is 4.31. The van der Waals surface area contributed by atoms with Crippen LogP contribution in [0.1, 0.15) is 96.1 Å². The number of hydrogen-bond acceptors (Lipinski definition) is 10. The third-order valence-electron chi connectivity index (χ3n) is 11.8. The minimum Gasteiger partial charge on any atom is -0.460 e. The highest BCUT2D eigenvalue weighted by molar-refractivity contribution is 7.90. The van der Waals surface area contributed by atoms with Crippen LogP contribution in [0.4, 0.5) is 9.18 Å². The summed E-state index contributed by atoms with van der Waals surface area (Å²) in [5, 5.41) is -0.670. The smallest absolute Gasteiger partial charge is 0.410 e. The first-order valence-electron chi connectivity index (χ1n) is 19.7. The van der Waals surface area contributed by atoms with Crippen LogP contribution in [0.2, 0.25) is 0 Å². The van der Waals surface area contributed by atoms with Crippen molar-refractivity contribution in [2.75, 3.05) is 13.6 Å². The lowest BCUT2D eigenvalue weighted by Gasteiger charge is -2.31. The molecule has 3 fully saturated rings. The lowest BCUT2D eigenvalue weighted by atomic mass is 9.90. The molecule has 3 aliphatic heterocycles. The number of benzene rings is 1. The zero-order valence-electron chi connectivity index (χ0n) is 33.0. The Bertz CT molecular complexity index is 1960. The van der Waals surface area contributed by atoms with Gasteiger partial charge in [-0.15, -0.1) is 0 Å². The van der Waals surface area contributed by atoms with Gasteiger partial charge in [-0.05, 0) is 89.3 Å². The quantitative estimate of drug-likeness (QED) is 0.226. The van der Waals surface area contributed by atoms with Gasteiger partial charge in [-0.1, -0.05) is 30.9 Å². The summed E-state index contributed by atoms with van der Waals surface area (Å²) in [6.07, 6.45) is 4.81. The Kier molecular flexibility index (Phi) is 12.0. The van der Waals surface area contributed by atoms with Crippen LogP contribution in [0.15, 0.2) is 43.0 Å². The van der Waals surface area contributed by atoms with Crippen LogP contribution >= 0.6 is 0 Å². The Hall–Kier alpha value is -4.60. The van der Waals surface area contributed by atoms with Crippen molar-refractivity contribution < 1.29 is 51.0 Å². The number of fused-ring (bicyclic) bond motifs is 3. The molecule has 4 amide bonds. The van der Waals surface area contributed by atoms with Crippen LogP contribution in [-0.2, 0) is 56.6 Å². The van der Waals surface area contributed by atoms with E-state index >= 15 is 0 Å². The molecular weight excluding hydrogens is 760 g/mol. The molecule has 2 saturated carbocycles. The van der Waals surface area contributed by atoms with Crippen molar-refractivity contribution in [1.82, 2.24) is 19.4 Å². The topological polar surface area (TPSA) is 177 Å². The fraction of sp³-hybridized carbons (Fsp3) is 0.610. The molecule has 0 spiro atoms. The van der Waals surface area contributed by atoms with Gasteiger partial charge in [0.2, 0.25) is 27.7 Å². The number of allylic oxidation sites excluding steroid dienone is 2. The van der Waals surface area contributed by atoms with Gasteiger partial charge in [-0.3, -0.25) is 33.6 Å². The molecule has 3 heterocycles. The first-order chi connectivity index (χ1) is 26.8. The van der Waals surface area contributed by atoms with Crippen LogP contribution in [0, 0.1) is 23.1 Å². The Morgan fingerprint density at radius 2 is 1.82 bits per heavy atom. The van der Waals surface area contributed by atoms with Crippen LogP contribution in [-0.4, -0.2) is 101 Å². The molecule has 1 N–H and O–H groups in total. The number of nitrogens with one attached hydrogen (secondary N) is 1. The molecular formula is C41H53FN4O10S. The summed E-state index contributed by atoms with van der Waals surface area (Å²) in [7, 11) is -2.31. The molecule has 1 aromatic rings. The Morgan fingerprint density at radius 1 is 1.09 bits per heavy atom. The van der Waals surface area contributed by atoms with Crippen LogP contribution < -0.4 is 4.72 Å². The standard InChI is InChI=1S/C41H53FN4O10S/c1-6-35(48)44(5)28-12-8-7-11-27-20-41(27,38(51)43-57(53,54)30-16-17-30)21-34(47)33-19-29(55-39(52)45-22-26-10-9-13-32(42)31(26)24-45)23-46(33)37(50)25(14-15-28)18-36(49)56-40(2,3)4/h6-7,9-11,13,25,27-30,33H,1,8,12,14-24H2,2-5H3,(H,43,51)/b11-7-/t25-,27-,28?,29-,33+,41-/m1/s1. The van der Waals surface area contributed by atoms with Crippen molar-refractivity contribution >= 4 is 45.6 Å². The molecule has 310 valence electrons. The van der Waals surface area contributed by atoms with Gasteiger partial charge in [0.05, 0.1) is 36.2 Å². The second-order valence-electron chi connectivity index (χ2n) is 17.1. The molecule has 0 aromatic heterocycles. The SMILES string of the molecule is C=CC(=O)N(C)C1CC/C=C\[C@@H]2C[C@@]2(C(=O)NS(=O)(=O)C2CC2)CC(=O)[C@@H]2C[C@@H](OC(=O)N3Cc4cccc(F)c4C3)CN2C(=O)[C@@H](CC(=O)OC(C)(C)C)CC1. The minimum atomic E-state index is -3.94. The minimum absolute atomic E-state index is 0.0171. The summed E-state index contributed by atoms with van der Waals surface area (Å²) >= 11 is 0. The van der Waals surface area contributed by atoms with E-state index in [1.165, 1.54) is 26.8 Å². The van der Waals surface area contributed by atoms with Crippen molar-refractivity contribution in [2.45, 2.75) is 127 Å². The second kappa shape index (κ2) is 16.3. The number of carbonyl (C=O) groups is 6. The lowest BCUT2D eigenvalue weighted by Crippen LogP contribution is -2.47. The number of rotatable bonds is 8. The summed E-state index contributed by atoms with van der Waals surface area (Å²) in [5.41, 5.74) is -1.23. The van der Waals surface area contributed by atoms with Gasteiger partial charge < -0.3 is 19.3 Å². The van der Waals surface area contributed by atoms with Crippen molar-refractivity contribution in [2.24, 2.45) is 17.3 Å². The average molecular weight is 813 g/mol. The van der Waals surface area contributed by atoms with Crippen molar-refractivity contribution in [3.63, 3.8) is 0 Å². The van der Waals surface area contributed by atoms with E-state index in [-0.39, 0.29) is 63.7 Å². The Morgan fingerprint density at radius 3 is 2.49 bits per heavy atom. The molecule has 0 radical (unpaired) electrons. The maximum atomic E-state index is 14.7. The first-order valence-corrected chi connectivity index (χ1v) is 21.3. The highest BCUT2D eigenvalue weighted by Gasteiger charge is 2.61. The number of carbonyl (C=O) groups excluding carboxylic acids is 6. The molecule has 57 heavy (non-hydrogen) atoms. The van der Waals surface area contributed by atoms with Gasteiger partial charge in [-0.2, -0.15) is 0 Å². The van der Waals surface area contributed by atoms with E-state index in [4.69, 9.17) is 9.47 Å². The molecule has 16 heteroatoms. The van der Waals surface area contributed by atoms with Gasteiger partial charge in [0, 0.05) is 44.0 Å². The van der Waals surface area contributed by atoms with E-state index < -0.39 is 85.7 Å². The number of amides is 4. The van der Waals surface area contributed by atoms with Crippen molar-refractivity contribution in [1.29, 1.82) is 0 Å². The number of sulfonamides is 1. The van der Waals surface area contributed by atoms with Crippen LogP contribution in [0.3, 0.4) is 0 Å². The molecule has 6 rings (SSSR count). The number of ketones is 1. The molecule has 1 saturated heterocycles. The summed E-state index contributed by atoms with van der Waals surface area (Å²) in [5.74, 6) is -4.71. The van der Waals surface area contributed by atoms with Gasteiger partial charge >= 0.3 is 12.1 Å². The number of ether oxygens (including phenoxy) is 2. The van der Waals surface area contributed by atoms with E-state index in [2.05, 4.69) is 11.3 Å². The molecule has 5 aliphatic rings. The van der Waals surface area contributed by atoms with Gasteiger partial charge in [0.25, 0.3) is 0 Å². The summed E-state index contributed by atoms with van der Waals surface area (Å²) in [6, 6.07) is 3.03. The van der Waals surface area contributed by atoms with E-state index in [1.807, 2.05) is 12.2 Å². The average Bonchev–Trinajstić information content (AvgIpc) is 4.02. The van der Waals surface area contributed by atoms with Crippen molar-refractivity contribution in [3.05, 3.63) is 60.0 Å². The van der Waals surface area contributed by atoms with E-state index in [9.17, 15) is 41.6 Å². The van der Waals surface area contributed by atoms with Gasteiger partial charge in [0.15, 0.2) is 5.78 Å². The zero-order chi connectivity index (χ0) is 41.4. The predicted molar refractivity (Wildman–Crippen MR) is 205 cm³/mol. The normalized spacial score (nSPS) is 28.5. The lowest BCUT2D eigenvalue weighted by molar-refractivity contribution is -0.159. The molecule has 6 atom stereocenters. The number of halogens is 1. The molecule has 14 nitrogen and oxygen atoms in total. The van der Waals surface area contributed by atoms with Crippen LogP contribution in [0.5, 0.6) is 0 Å².